The summed E-state index contributed by atoms with van der Waals surface area (Å²) in [6.07, 6.45) is 0.140. The van der Waals surface area contributed by atoms with Gasteiger partial charge in [0.1, 0.15) is 0 Å². The van der Waals surface area contributed by atoms with E-state index in [1.54, 1.807) is 18.7 Å². The van der Waals surface area contributed by atoms with Gasteiger partial charge in [-0.25, -0.2) is 0 Å². The number of rotatable bonds is 3. The Labute approximate surface area is 110 Å². The van der Waals surface area contributed by atoms with Crippen LogP contribution in [0.5, 0.6) is 0 Å². The topological polar surface area (TPSA) is 55.4 Å². The number of para-hydroxylation sites is 1. The van der Waals surface area contributed by atoms with Gasteiger partial charge < -0.3 is 10.1 Å². The summed E-state index contributed by atoms with van der Waals surface area (Å²) in [4.78, 5) is 24.5. The fraction of sp³-hybridized carbons (Fsp3) is 0.385. The summed E-state index contributed by atoms with van der Waals surface area (Å²) in [5.74, 6) is -0.159. The number of esters is 1. The Hall–Kier alpha value is -1.49. The molecule has 5 heteroatoms. The van der Waals surface area contributed by atoms with Gasteiger partial charge in [0.15, 0.2) is 0 Å². The summed E-state index contributed by atoms with van der Waals surface area (Å²) in [5, 5.41) is 2.85. The van der Waals surface area contributed by atoms with Gasteiger partial charge >= 0.3 is 5.97 Å². The molecule has 1 aliphatic rings. The second-order valence-corrected chi connectivity index (χ2v) is 5.06. The number of fused-ring (bicyclic) bond motifs is 1. The molecular weight excluding hydrogens is 250 g/mol. The highest BCUT2D eigenvalue weighted by Gasteiger charge is 2.26. The molecule has 1 atom stereocenters. The smallest absolute Gasteiger partial charge is 0.306 e. The fourth-order valence-corrected chi connectivity index (χ4v) is 2.87. The highest BCUT2D eigenvalue weighted by Crippen LogP contribution is 2.33. The van der Waals surface area contributed by atoms with Gasteiger partial charge in [0, 0.05) is 10.6 Å². The number of ether oxygens (including phenoxy) is 1. The molecule has 0 bridgehead atoms. The van der Waals surface area contributed by atoms with Gasteiger partial charge in [-0.3, -0.25) is 9.59 Å². The van der Waals surface area contributed by atoms with E-state index in [-0.39, 0.29) is 24.2 Å². The van der Waals surface area contributed by atoms with Crippen LogP contribution in [0.2, 0.25) is 0 Å². The average molecular weight is 265 g/mol. The van der Waals surface area contributed by atoms with Crippen molar-refractivity contribution in [3.05, 3.63) is 24.3 Å². The number of thioether (sulfide) groups is 1. The van der Waals surface area contributed by atoms with Crippen molar-refractivity contribution in [1.29, 1.82) is 0 Å². The van der Waals surface area contributed by atoms with Gasteiger partial charge in [-0.05, 0) is 19.1 Å². The number of amides is 1. The van der Waals surface area contributed by atoms with Crippen molar-refractivity contribution in [3.8, 4) is 0 Å². The number of hydrogen-bond donors (Lipinski definition) is 1. The van der Waals surface area contributed by atoms with Gasteiger partial charge in [0.2, 0.25) is 5.91 Å². The number of nitrogens with one attached hydrogen (secondary N) is 1. The van der Waals surface area contributed by atoms with Gasteiger partial charge in [0.05, 0.1) is 24.6 Å². The molecular formula is C13H15NO3S. The molecule has 0 saturated carbocycles. The van der Waals surface area contributed by atoms with Gasteiger partial charge in [-0.15, -0.1) is 11.8 Å². The van der Waals surface area contributed by atoms with E-state index in [2.05, 4.69) is 5.32 Å². The van der Waals surface area contributed by atoms with Crippen molar-refractivity contribution in [3.63, 3.8) is 0 Å². The number of benzene rings is 1. The van der Waals surface area contributed by atoms with Crippen LogP contribution >= 0.6 is 11.8 Å². The third kappa shape index (κ3) is 3.04. The van der Waals surface area contributed by atoms with E-state index in [4.69, 9.17) is 4.74 Å². The van der Waals surface area contributed by atoms with Gasteiger partial charge in [-0.2, -0.15) is 0 Å². The van der Waals surface area contributed by atoms with Crippen LogP contribution in [-0.4, -0.2) is 24.2 Å². The zero-order chi connectivity index (χ0) is 13.0. The van der Waals surface area contributed by atoms with Crippen LogP contribution in [0.1, 0.15) is 13.3 Å². The summed E-state index contributed by atoms with van der Waals surface area (Å²) in [6.45, 7) is 2.11. The van der Waals surface area contributed by atoms with E-state index >= 15 is 0 Å². The van der Waals surface area contributed by atoms with Crippen molar-refractivity contribution in [2.45, 2.75) is 18.2 Å². The number of carbonyl (C=O) groups is 2. The number of hydrogen-bond acceptors (Lipinski definition) is 4. The molecule has 0 aromatic heterocycles. The minimum atomic E-state index is -0.332. The zero-order valence-electron chi connectivity index (χ0n) is 10.1. The van der Waals surface area contributed by atoms with E-state index in [9.17, 15) is 9.59 Å². The average Bonchev–Trinajstić information content (AvgIpc) is 2.50. The van der Waals surface area contributed by atoms with E-state index in [0.717, 1.165) is 10.6 Å². The monoisotopic (exact) mass is 265 g/mol. The van der Waals surface area contributed by atoms with Crippen molar-refractivity contribution in [1.82, 2.24) is 0 Å². The lowest BCUT2D eigenvalue weighted by Gasteiger charge is -2.11. The molecule has 96 valence electrons. The molecule has 1 aromatic carbocycles. The van der Waals surface area contributed by atoms with Crippen molar-refractivity contribution >= 4 is 29.3 Å². The van der Waals surface area contributed by atoms with Crippen molar-refractivity contribution < 1.29 is 14.3 Å². The summed E-state index contributed by atoms with van der Waals surface area (Å²) >= 11 is 1.59. The molecule has 0 radical (unpaired) electrons. The minimum absolute atomic E-state index is 0.111. The fourth-order valence-electron chi connectivity index (χ4n) is 1.77. The van der Waals surface area contributed by atoms with E-state index in [1.807, 2.05) is 24.3 Å². The molecule has 1 N–H and O–H groups in total. The Morgan fingerprint density at radius 3 is 3.06 bits per heavy atom. The van der Waals surface area contributed by atoms with E-state index in [0.29, 0.717) is 12.4 Å². The number of anilines is 1. The number of carbonyl (C=O) groups excluding carboxylic acids is 2. The van der Waals surface area contributed by atoms with Crippen LogP contribution in [-0.2, 0) is 14.3 Å². The van der Waals surface area contributed by atoms with Gasteiger partial charge in [0.25, 0.3) is 0 Å². The Bertz CT molecular complexity index is 461. The van der Waals surface area contributed by atoms with Gasteiger partial charge in [-0.1, -0.05) is 12.1 Å². The molecule has 0 saturated heterocycles. The maximum absolute atomic E-state index is 12.0. The van der Waals surface area contributed by atoms with Crippen LogP contribution in [0, 0.1) is 5.92 Å². The predicted molar refractivity (Wildman–Crippen MR) is 70.5 cm³/mol. The Kier molecular flexibility index (Phi) is 4.25. The van der Waals surface area contributed by atoms with E-state index < -0.39 is 0 Å². The highest BCUT2D eigenvalue weighted by molar-refractivity contribution is 7.99. The minimum Gasteiger partial charge on any atom is -0.466 e. The summed E-state index contributed by atoms with van der Waals surface area (Å²) < 4.78 is 4.88. The summed E-state index contributed by atoms with van der Waals surface area (Å²) in [6, 6.07) is 7.65. The molecule has 1 heterocycles. The second-order valence-electron chi connectivity index (χ2n) is 4.00. The predicted octanol–water partition coefficient (Wildman–Crippen LogP) is 2.30. The largest absolute Gasteiger partial charge is 0.466 e. The Morgan fingerprint density at radius 2 is 2.28 bits per heavy atom. The molecule has 0 unspecified atom stereocenters. The third-order valence-electron chi connectivity index (χ3n) is 2.67. The van der Waals surface area contributed by atoms with Crippen LogP contribution in [0.3, 0.4) is 0 Å². The summed E-state index contributed by atoms with van der Waals surface area (Å²) in [5.41, 5.74) is 0.818. The Morgan fingerprint density at radius 1 is 1.50 bits per heavy atom. The van der Waals surface area contributed by atoms with Crippen LogP contribution in [0.4, 0.5) is 5.69 Å². The molecule has 1 amide bonds. The maximum atomic E-state index is 12.0. The quantitative estimate of drug-likeness (QED) is 0.852. The second kappa shape index (κ2) is 5.91. The Balaban J connectivity index is 2.05. The van der Waals surface area contributed by atoms with Crippen LogP contribution in [0.15, 0.2) is 29.2 Å². The van der Waals surface area contributed by atoms with Crippen molar-refractivity contribution in [2.24, 2.45) is 5.92 Å². The molecule has 1 aromatic rings. The van der Waals surface area contributed by atoms with Crippen molar-refractivity contribution in [2.75, 3.05) is 17.7 Å². The normalized spacial score (nSPS) is 18.5. The first-order valence-electron chi connectivity index (χ1n) is 5.89. The first-order chi connectivity index (χ1) is 8.70. The van der Waals surface area contributed by atoms with E-state index in [1.165, 1.54) is 0 Å². The third-order valence-corrected chi connectivity index (χ3v) is 3.91. The lowest BCUT2D eigenvalue weighted by Crippen LogP contribution is -2.26. The standard InChI is InChI=1S/C13H15NO3S/c1-2-17-12(15)7-9-8-18-11-6-4-3-5-10(11)14-13(9)16/h3-6,9H,2,7-8H2,1H3,(H,14,16)/t9-/m0/s1. The summed E-state index contributed by atoms with van der Waals surface area (Å²) in [7, 11) is 0. The van der Waals surface area contributed by atoms with Crippen LogP contribution < -0.4 is 5.32 Å². The molecule has 0 spiro atoms. The molecule has 18 heavy (non-hydrogen) atoms. The SMILES string of the molecule is CCOC(=O)C[C@H]1CSc2ccccc2NC1=O. The first kappa shape index (κ1) is 13.0. The highest BCUT2D eigenvalue weighted by atomic mass is 32.2. The molecule has 1 aliphatic heterocycles. The van der Waals surface area contributed by atoms with Crippen LogP contribution in [0.25, 0.3) is 0 Å². The zero-order valence-corrected chi connectivity index (χ0v) is 11.0. The maximum Gasteiger partial charge on any atom is 0.306 e. The molecule has 4 nitrogen and oxygen atoms in total. The molecule has 0 fully saturated rings. The first-order valence-corrected chi connectivity index (χ1v) is 6.87. The lowest BCUT2D eigenvalue weighted by molar-refractivity contribution is -0.145. The lowest BCUT2D eigenvalue weighted by atomic mass is 10.1. The molecule has 2 rings (SSSR count). The molecule has 0 aliphatic carbocycles.